The normalized spacial score (nSPS) is 15.7. The lowest BCUT2D eigenvalue weighted by atomic mass is 10.2. The molecule has 0 atom stereocenters. The summed E-state index contributed by atoms with van der Waals surface area (Å²) in [6.45, 7) is 8.62. The number of aromatic nitrogens is 4. The van der Waals surface area contributed by atoms with Crippen molar-refractivity contribution < 1.29 is 14.0 Å². The second kappa shape index (κ2) is 9.32. The molecule has 2 aromatic heterocycles. The predicted molar refractivity (Wildman–Crippen MR) is 129 cm³/mol. The molecule has 11 nitrogen and oxygen atoms in total. The maximum Gasteiger partial charge on any atom is 0.273 e. The number of piperazine rings is 1. The minimum absolute atomic E-state index is 0.0384. The summed E-state index contributed by atoms with van der Waals surface area (Å²) < 4.78 is 5.82. The van der Waals surface area contributed by atoms with Gasteiger partial charge in [0, 0.05) is 50.3 Å². The van der Waals surface area contributed by atoms with Crippen molar-refractivity contribution in [3.63, 3.8) is 0 Å². The number of hydrogen-bond donors (Lipinski definition) is 1. The average molecular weight is 477 g/mol. The molecular formula is C24H28N8O3. The summed E-state index contributed by atoms with van der Waals surface area (Å²) in [4.78, 5) is 39.8. The monoisotopic (exact) mass is 476 g/mol. The van der Waals surface area contributed by atoms with Crippen LogP contribution in [0, 0.1) is 0 Å². The SMILES string of the molecule is CC(=O)N1CCN(c2nc(NCc3nnc(-c4ccccc4)o3)c3c(n2)C(=O)N(C(C)C)C3)CC1. The summed E-state index contributed by atoms with van der Waals surface area (Å²) in [7, 11) is 0. The molecule has 35 heavy (non-hydrogen) atoms. The molecule has 2 aliphatic rings. The van der Waals surface area contributed by atoms with E-state index in [-0.39, 0.29) is 24.4 Å². The maximum absolute atomic E-state index is 13.1. The van der Waals surface area contributed by atoms with Crippen LogP contribution in [-0.4, -0.2) is 74.0 Å². The molecule has 2 amide bonds. The van der Waals surface area contributed by atoms with E-state index in [0.29, 0.717) is 62.0 Å². The lowest BCUT2D eigenvalue weighted by Crippen LogP contribution is -2.48. The Hall–Kier alpha value is -4.02. The number of carbonyl (C=O) groups excluding carboxylic acids is 2. The Labute approximate surface area is 203 Å². The van der Waals surface area contributed by atoms with Gasteiger partial charge in [-0.25, -0.2) is 4.98 Å². The van der Waals surface area contributed by atoms with Gasteiger partial charge in [0.05, 0.1) is 13.1 Å². The number of fused-ring (bicyclic) bond motifs is 1. The van der Waals surface area contributed by atoms with Crippen LogP contribution in [0.2, 0.25) is 0 Å². The molecule has 1 fully saturated rings. The van der Waals surface area contributed by atoms with Gasteiger partial charge in [-0.2, -0.15) is 4.98 Å². The first-order valence-electron chi connectivity index (χ1n) is 11.7. The number of amides is 2. The fourth-order valence-electron chi connectivity index (χ4n) is 4.28. The third-order valence-corrected chi connectivity index (χ3v) is 6.31. The second-order valence-corrected chi connectivity index (χ2v) is 8.94. The summed E-state index contributed by atoms with van der Waals surface area (Å²) in [6.07, 6.45) is 0. The van der Waals surface area contributed by atoms with Crippen LogP contribution in [0.25, 0.3) is 11.5 Å². The molecular weight excluding hydrogens is 448 g/mol. The number of nitrogens with zero attached hydrogens (tertiary/aromatic N) is 7. The van der Waals surface area contributed by atoms with E-state index >= 15 is 0 Å². The van der Waals surface area contributed by atoms with Crippen molar-refractivity contribution >= 4 is 23.6 Å². The van der Waals surface area contributed by atoms with E-state index in [4.69, 9.17) is 9.40 Å². The van der Waals surface area contributed by atoms with Gasteiger partial charge in [0.2, 0.25) is 23.6 Å². The van der Waals surface area contributed by atoms with Gasteiger partial charge in [-0.3, -0.25) is 9.59 Å². The lowest BCUT2D eigenvalue weighted by molar-refractivity contribution is -0.129. The number of nitrogens with one attached hydrogen (secondary N) is 1. The Bertz CT molecular complexity index is 1230. The standard InChI is InChI=1S/C24H28N8O3/c1-15(2)32-14-18-20(23(32)34)26-24(31-11-9-30(10-12-31)16(3)33)27-21(18)25-13-19-28-29-22(35-19)17-7-5-4-6-8-17/h4-8,15H,9-14H2,1-3H3,(H,25,26,27). The number of anilines is 2. The summed E-state index contributed by atoms with van der Waals surface area (Å²) in [5.41, 5.74) is 2.02. The number of rotatable bonds is 6. The molecule has 1 aromatic carbocycles. The van der Waals surface area contributed by atoms with Crippen LogP contribution >= 0.6 is 0 Å². The fraction of sp³-hybridized carbons (Fsp3) is 0.417. The van der Waals surface area contributed by atoms with E-state index in [9.17, 15) is 9.59 Å². The van der Waals surface area contributed by atoms with Crippen LogP contribution in [-0.2, 0) is 17.9 Å². The van der Waals surface area contributed by atoms with Crippen molar-refractivity contribution in [2.24, 2.45) is 0 Å². The highest BCUT2D eigenvalue weighted by atomic mass is 16.4. The van der Waals surface area contributed by atoms with Crippen molar-refractivity contribution in [3.8, 4) is 11.5 Å². The van der Waals surface area contributed by atoms with Gasteiger partial charge < -0.3 is 24.4 Å². The predicted octanol–water partition coefficient (Wildman–Crippen LogP) is 2.17. The highest BCUT2D eigenvalue weighted by Gasteiger charge is 2.35. The Morgan fingerprint density at radius 3 is 2.51 bits per heavy atom. The van der Waals surface area contributed by atoms with Gasteiger partial charge in [-0.05, 0) is 26.0 Å². The maximum atomic E-state index is 13.1. The van der Waals surface area contributed by atoms with Crippen molar-refractivity contribution in [2.75, 3.05) is 36.4 Å². The van der Waals surface area contributed by atoms with E-state index in [1.165, 1.54) is 0 Å². The summed E-state index contributed by atoms with van der Waals surface area (Å²) in [5, 5.41) is 11.6. The largest absolute Gasteiger partial charge is 0.419 e. The first kappa shape index (κ1) is 22.8. The Kier molecular flexibility index (Phi) is 6.06. The van der Waals surface area contributed by atoms with E-state index in [2.05, 4.69) is 20.5 Å². The van der Waals surface area contributed by atoms with Gasteiger partial charge in [0.15, 0.2) is 0 Å². The van der Waals surface area contributed by atoms with Crippen molar-refractivity contribution in [1.29, 1.82) is 0 Å². The molecule has 0 spiro atoms. The van der Waals surface area contributed by atoms with Crippen molar-refractivity contribution in [2.45, 2.75) is 39.9 Å². The highest BCUT2D eigenvalue weighted by Crippen LogP contribution is 2.31. The molecule has 0 saturated carbocycles. The Balaban J connectivity index is 1.40. The molecule has 182 valence electrons. The zero-order valence-electron chi connectivity index (χ0n) is 20.1. The molecule has 0 radical (unpaired) electrons. The van der Waals surface area contributed by atoms with Crippen LogP contribution in [0.1, 0.15) is 42.7 Å². The van der Waals surface area contributed by atoms with Crippen molar-refractivity contribution in [3.05, 3.63) is 47.5 Å². The van der Waals surface area contributed by atoms with E-state index < -0.39 is 0 Å². The first-order valence-corrected chi connectivity index (χ1v) is 11.7. The number of hydrogen-bond acceptors (Lipinski definition) is 9. The zero-order valence-corrected chi connectivity index (χ0v) is 20.1. The molecule has 1 N–H and O–H groups in total. The second-order valence-electron chi connectivity index (χ2n) is 8.94. The minimum atomic E-state index is -0.103. The van der Waals surface area contributed by atoms with Crippen LogP contribution in [0.3, 0.4) is 0 Å². The quantitative estimate of drug-likeness (QED) is 0.570. The number of benzene rings is 1. The molecule has 1 saturated heterocycles. The van der Waals surface area contributed by atoms with Crippen LogP contribution in [0.5, 0.6) is 0 Å². The molecule has 2 aliphatic heterocycles. The van der Waals surface area contributed by atoms with Gasteiger partial charge >= 0.3 is 0 Å². The van der Waals surface area contributed by atoms with Gasteiger partial charge in [0.1, 0.15) is 11.5 Å². The molecule has 11 heteroatoms. The molecule has 3 aromatic rings. The van der Waals surface area contributed by atoms with Gasteiger partial charge in [0.25, 0.3) is 5.91 Å². The summed E-state index contributed by atoms with van der Waals surface area (Å²) >= 11 is 0. The third kappa shape index (κ3) is 4.53. The molecule has 0 bridgehead atoms. The summed E-state index contributed by atoms with van der Waals surface area (Å²) in [5.74, 6) is 1.87. The number of carbonyl (C=O) groups is 2. The van der Waals surface area contributed by atoms with Gasteiger partial charge in [-0.1, -0.05) is 18.2 Å². The smallest absolute Gasteiger partial charge is 0.273 e. The van der Waals surface area contributed by atoms with E-state index in [1.54, 1.807) is 16.7 Å². The fourth-order valence-corrected chi connectivity index (χ4v) is 4.28. The molecule has 5 rings (SSSR count). The van der Waals surface area contributed by atoms with Gasteiger partial charge in [-0.15, -0.1) is 10.2 Å². The topological polar surface area (TPSA) is 121 Å². The minimum Gasteiger partial charge on any atom is -0.419 e. The molecule has 0 aliphatic carbocycles. The Morgan fingerprint density at radius 1 is 1.09 bits per heavy atom. The van der Waals surface area contributed by atoms with Crippen LogP contribution in [0.4, 0.5) is 11.8 Å². The molecule has 0 unspecified atom stereocenters. The Morgan fingerprint density at radius 2 is 1.83 bits per heavy atom. The van der Waals surface area contributed by atoms with E-state index in [0.717, 1.165) is 11.1 Å². The first-order chi connectivity index (χ1) is 16.9. The average Bonchev–Trinajstić information content (AvgIpc) is 3.48. The van der Waals surface area contributed by atoms with Crippen LogP contribution < -0.4 is 10.2 Å². The third-order valence-electron chi connectivity index (χ3n) is 6.31. The highest BCUT2D eigenvalue weighted by molar-refractivity contribution is 5.98. The van der Waals surface area contributed by atoms with E-state index in [1.807, 2.05) is 49.1 Å². The van der Waals surface area contributed by atoms with Crippen LogP contribution in [0.15, 0.2) is 34.7 Å². The molecule has 4 heterocycles. The summed E-state index contributed by atoms with van der Waals surface area (Å²) in [6, 6.07) is 9.61. The lowest BCUT2D eigenvalue weighted by Gasteiger charge is -2.34. The zero-order chi connectivity index (χ0) is 24.5. The van der Waals surface area contributed by atoms with Crippen molar-refractivity contribution in [1.82, 2.24) is 30.0 Å².